The molecule has 0 bridgehead atoms. The van der Waals surface area contributed by atoms with Crippen molar-refractivity contribution >= 4 is 11.8 Å². The second-order valence-corrected chi connectivity index (χ2v) is 6.97. The number of benzene rings is 1. The van der Waals surface area contributed by atoms with Crippen molar-refractivity contribution in [3.8, 4) is 28.6 Å². The van der Waals surface area contributed by atoms with Crippen molar-refractivity contribution in [3.05, 3.63) is 39.6 Å². The summed E-state index contributed by atoms with van der Waals surface area (Å²) in [5.74, 6) is 2.63. The fraction of sp³-hybridized carbons (Fsp3) is 0.368. The molecular formula is C19H22N4O5S. The van der Waals surface area contributed by atoms with Gasteiger partial charge in [-0.2, -0.15) is 4.98 Å². The number of rotatable bonds is 8. The van der Waals surface area contributed by atoms with Crippen LogP contribution in [0.1, 0.15) is 24.1 Å². The number of nitrogens with one attached hydrogen (secondary N) is 1. The van der Waals surface area contributed by atoms with E-state index in [9.17, 15) is 4.79 Å². The van der Waals surface area contributed by atoms with Crippen LogP contribution in [0.15, 0.2) is 26.6 Å². The van der Waals surface area contributed by atoms with Crippen LogP contribution < -0.4 is 19.8 Å². The maximum absolute atomic E-state index is 12.1. The van der Waals surface area contributed by atoms with E-state index in [4.69, 9.17) is 18.7 Å². The molecule has 0 aliphatic carbocycles. The van der Waals surface area contributed by atoms with E-state index < -0.39 is 0 Å². The molecule has 1 aromatic carbocycles. The predicted molar refractivity (Wildman–Crippen MR) is 108 cm³/mol. The molecule has 1 N–H and O–H groups in total. The van der Waals surface area contributed by atoms with E-state index in [-0.39, 0.29) is 5.56 Å². The van der Waals surface area contributed by atoms with Crippen molar-refractivity contribution in [2.24, 2.45) is 0 Å². The molecule has 0 aliphatic heterocycles. The highest BCUT2D eigenvalue weighted by atomic mass is 32.2. The first-order chi connectivity index (χ1) is 14.0. The van der Waals surface area contributed by atoms with Crippen molar-refractivity contribution in [2.45, 2.75) is 31.2 Å². The van der Waals surface area contributed by atoms with Crippen molar-refractivity contribution in [1.29, 1.82) is 0 Å². The Morgan fingerprint density at radius 2 is 1.79 bits per heavy atom. The van der Waals surface area contributed by atoms with Gasteiger partial charge in [0.2, 0.25) is 17.5 Å². The SMILES string of the molecule is CCc1c(C)nc(SCc2nc(-c3cc(OC)c(OC)c(OC)c3)no2)[nH]c1=O. The van der Waals surface area contributed by atoms with Crippen LogP contribution in [0.5, 0.6) is 17.2 Å². The first-order valence-corrected chi connectivity index (χ1v) is 9.84. The average Bonchev–Trinajstić information content (AvgIpc) is 3.20. The topological polar surface area (TPSA) is 112 Å². The standard InChI is InChI=1S/C19H22N4O5S/c1-6-12-10(2)20-19(22-18(12)24)29-9-15-21-17(23-28-15)11-7-13(25-3)16(27-5)14(8-11)26-4/h7-8H,6,9H2,1-5H3,(H,20,22,24). The Morgan fingerprint density at radius 1 is 1.10 bits per heavy atom. The third-order valence-corrected chi connectivity index (χ3v) is 5.14. The summed E-state index contributed by atoms with van der Waals surface area (Å²) in [6.45, 7) is 3.75. The number of aromatic amines is 1. The Balaban J connectivity index is 1.80. The van der Waals surface area contributed by atoms with Crippen LogP contribution in [0.3, 0.4) is 0 Å². The van der Waals surface area contributed by atoms with Gasteiger partial charge in [0, 0.05) is 16.8 Å². The van der Waals surface area contributed by atoms with Crippen LogP contribution in [0.4, 0.5) is 0 Å². The minimum absolute atomic E-state index is 0.119. The van der Waals surface area contributed by atoms with Gasteiger partial charge in [-0.3, -0.25) is 4.79 Å². The molecule has 0 aliphatic rings. The Kier molecular flexibility index (Phi) is 6.42. The molecule has 0 saturated heterocycles. The number of aromatic nitrogens is 4. The summed E-state index contributed by atoms with van der Waals surface area (Å²) in [6.07, 6.45) is 0.640. The molecule has 0 spiro atoms. The molecule has 3 rings (SSSR count). The lowest BCUT2D eigenvalue weighted by molar-refractivity contribution is 0.324. The van der Waals surface area contributed by atoms with E-state index in [1.54, 1.807) is 26.4 Å². The first kappa shape index (κ1) is 20.7. The fourth-order valence-corrected chi connectivity index (χ4v) is 3.58. The Labute approximate surface area is 171 Å². The number of hydrogen-bond donors (Lipinski definition) is 1. The number of thioether (sulfide) groups is 1. The largest absolute Gasteiger partial charge is 0.493 e. The zero-order valence-electron chi connectivity index (χ0n) is 16.9. The van der Waals surface area contributed by atoms with Gasteiger partial charge in [0.1, 0.15) is 0 Å². The molecule has 154 valence electrons. The molecule has 2 heterocycles. The Hall–Kier alpha value is -3.01. The summed E-state index contributed by atoms with van der Waals surface area (Å²) < 4.78 is 21.4. The minimum Gasteiger partial charge on any atom is -0.493 e. The van der Waals surface area contributed by atoms with Gasteiger partial charge >= 0.3 is 0 Å². The highest BCUT2D eigenvalue weighted by molar-refractivity contribution is 7.98. The molecule has 3 aromatic rings. The van der Waals surface area contributed by atoms with Crippen LogP contribution in [0.2, 0.25) is 0 Å². The molecule has 0 unspecified atom stereocenters. The van der Waals surface area contributed by atoms with Gasteiger partial charge in [0.15, 0.2) is 16.7 Å². The number of hydrogen-bond acceptors (Lipinski definition) is 9. The molecule has 29 heavy (non-hydrogen) atoms. The molecule has 10 heteroatoms. The summed E-state index contributed by atoms with van der Waals surface area (Å²) in [5, 5.41) is 4.54. The monoisotopic (exact) mass is 418 g/mol. The smallest absolute Gasteiger partial charge is 0.254 e. The molecule has 0 saturated carbocycles. The highest BCUT2D eigenvalue weighted by Gasteiger charge is 2.17. The van der Waals surface area contributed by atoms with Crippen molar-refractivity contribution in [1.82, 2.24) is 20.1 Å². The van der Waals surface area contributed by atoms with Crippen LogP contribution in [0.25, 0.3) is 11.4 Å². The third-order valence-electron chi connectivity index (χ3n) is 4.28. The lowest BCUT2D eigenvalue weighted by atomic mass is 10.1. The Bertz CT molecular complexity index is 1040. The first-order valence-electron chi connectivity index (χ1n) is 8.86. The van der Waals surface area contributed by atoms with Crippen molar-refractivity contribution < 1.29 is 18.7 Å². The number of methoxy groups -OCH3 is 3. The van der Waals surface area contributed by atoms with Crippen LogP contribution in [-0.2, 0) is 12.2 Å². The van der Waals surface area contributed by atoms with Gasteiger partial charge in [-0.25, -0.2) is 4.98 Å². The number of nitrogens with zero attached hydrogens (tertiary/aromatic N) is 3. The maximum Gasteiger partial charge on any atom is 0.254 e. The van der Waals surface area contributed by atoms with Crippen LogP contribution in [0, 0.1) is 6.92 Å². The number of ether oxygens (including phenoxy) is 3. The third kappa shape index (κ3) is 4.37. The van der Waals surface area contributed by atoms with Crippen molar-refractivity contribution in [3.63, 3.8) is 0 Å². The zero-order chi connectivity index (χ0) is 21.0. The predicted octanol–water partition coefficient (Wildman–Crippen LogP) is 3.01. The summed E-state index contributed by atoms with van der Waals surface area (Å²) in [5.41, 5.74) is 1.96. The molecule has 0 fully saturated rings. The average molecular weight is 418 g/mol. The zero-order valence-corrected chi connectivity index (χ0v) is 17.7. The minimum atomic E-state index is -0.119. The van der Waals surface area contributed by atoms with E-state index in [1.807, 2.05) is 13.8 Å². The number of aryl methyl sites for hydroxylation is 1. The summed E-state index contributed by atoms with van der Waals surface area (Å²) in [7, 11) is 4.62. The van der Waals surface area contributed by atoms with E-state index in [2.05, 4.69) is 20.1 Å². The molecule has 0 radical (unpaired) electrons. The quantitative estimate of drug-likeness (QED) is 0.436. The second kappa shape index (κ2) is 8.99. The van der Waals surface area contributed by atoms with Gasteiger partial charge < -0.3 is 23.7 Å². The molecule has 0 atom stereocenters. The fourth-order valence-electron chi connectivity index (χ4n) is 2.84. The van der Waals surface area contributed by atoms with E-state index in [0.29, 0.717) is 57.4 Å². The summed E-state index contributed by atoms with van der Waals surface area (Å²) in [6, 6.07) is 3.49. The molecule has 0 amide bonds. The van der Waals surface area contributed by atoms with E-state index in [0.717, 1.165) is 5.69 Å². The van der Waals surface area contributed by atoms with E-state index >= 15 is 0 Å². The highest BCUT2D eigenvalue weighted by Crippen LogP contribution is 2.40. The molecule has 2 aromatic heterocycles. The summed E-state index contributed by atoms with van der Waals surface area (Å²) in [4.78, 5) is 23.7. The lowest BCUT2D eigenvalue weighted by Crippen LogP contribution is -2.16. The van der Waals surface area contributed by atoms with E-state index in [1.165, 1.54) is 18.9 Å². The van der Waals surface area contributed by atoms with Gasteiger partial charge in [0.25, 0.3) is 5.56 Å². The van der Waals surface area contributed by atoms with Gasteiger partial charge in [-0.15, -0.1) is 0 Å². The van der Waals surface area contributed by atoms with Gasteiger partial charge in [0.05, 0.1) is 27.1 Å². The van der Waals surface area contributed by atoms with Gasteiger partial charge in [-0.1, -0.05) is 23.8 Å². The van der Waals surface area contributed by atoms with Crippen molar-refractivity contribution in [2.75, 3.05) is 21.3 Å². The van der Waals surface area contributed by atoms with Gasteiger partial charge in [-0.05, 0) is 25.5 Å². The molecule has 9 nitrogen and oxygen atoms in total. The Morgan fingerprint density at radius 3 is 2.34 bits per heavy atom. The molecular weight excluding hydrogens is 396 g/mol. The lowest BCUT2D eigenvalue weighted by Gasteiger charge is -2.12. The second-order valence-electron chi connectivity index (χ2n) is 6.00. The maximum atomic E-state index is 12.1. The number of H-pyrrole nitrogens is 1. The normalized spacial score (nSPS) is 10.8. The summed E-state index contributed by atoms with van der Waals surface area (Å²) >= 11 is 1.32. The van der Waals surface area contributed by atoms with Crippen LogP contribution in [-0.4, -0.2) is 41.4 Å². The van der Waals surface area contributed by atoms with Crippen LogP contribution >= 0.6 is 11.8 Å².